The van der Waals surface area contributed by atoms with E-state index < -0.39 is 5.60 Å². The van der Waals surface area contributed by atoms with Crippen LogP contribution < -0.4 is 5.73 Å². The standard InChI is InChI=1S/C18H17NO2.C4H10/c1-10-8-15(16(19)9-11(10)2)18(21)12(3)13-6-4-5-7-14(13)17(18)20;1-4(2)3/h4-9,21H,3,19H2,1-2H3;4H,1-3H3. The highest BCUT2D eigenvalue weighted by Crippen LogP contribution is 2.47. The summed E-state index contributed by atoms with van der Waals surface area (Å²) in [6.45, 7) is 14.3. The smallest absolute Gasteiger partial charge is 0.204 e. The van der Waals surface area contributed by atoms with Crippen LogP contribution in [0.15, 0.2) is 43.0 Å². The molecule has 0 saturated heterocycles. The van der Waals surface area contributed by atoms with Crippen molar-refractivity contribution in [2.75, 3.05) is 5.73 Å². The van der Waals surface area contributed by atoms with Gasteiger partial charge in [0.25, 0.3) is 0 Å². The van der Waals surface area contributed by atoms with Gasteiger partial charge in [-0.05, 0) is 48.1 Å². The van der Waals surface area contributed by atoms with Crippen molar-refractivity contribution in [2.24, 2.45) is 5.92 Å². The van der Waals surface area contributed by atoms with E-state index in [-0.39, 0.29) is 5.78 Å². The molecule has 1 aliphatic rings. The van der Waals surface area contributed by atoms with Gasteiger partial charge in [0.2, 0.25) is 5.78 Å². The lowest BCUT2D eigenvalue weighted by Crippen LogP contribution is -2.32. The van der Waals surface area contributed by atoms with Crippen molar-refractivity contribution in [1.82, 2.24) is 0 Å². The number of nitrogen functional groups attached to an aromatic ring is 1. The number of hydrogen-bond acceptors (Lipinski definition) is 3. The molecule has 25 heavy (non-hydrogen) atoms. The zero-order chi connectivity index (χ0) is 18.9. The van der Waals surface area contributed by atoms with Crippen molar-refractivity contribution < 1.29 is 9.90 Å². The average molecular weight is 337 g/mol. The minimum absolute atomic E-state index is 0.363. The van der Waals surface area contributed by atoms with Crippen molar-refractivity contribution in [2.45, 2.75) is 40.2 Å². The van der Waals surface area contributed by atoms with Gasteiger partial charge < -0.3 is 10.8 Å². The van der Waals surface area contributed by atoms with Crippen molar-refractivity contribution in [3.63, 3.8) is 0 Å². The predicted octanol–water partition coefficient (Wildman–Crippen LogP) is 4.65. The van der Waals surface area contributed by atoms with E-state index in [1.165, 1.54) is 0 Å². The van der Waals surface area contributed by atoms with E-state index in [0.29, 0.717) is 28.0 Å². The number of benzene rings is 2. The first-order chi connectivity index (χ1) is 11.6. The van der Waals surface area contributed by atoms with Crippen LogP contribution in [0.2, 0.25) is 0 Å². The molecule has 0 fully saturated rings. The molecule has 0 spiro atoms. The highest BCUT2D eigenvalue weighted by molar-refractivity contribution is 6.19. The molecule has 1 unspecified atom stereocenters. The number of aliphatic hydroxyl groups is 1. The van der Waals surface area contributed by atoms with Crippen LogP contribution in [-0.2, 0) is 5.60 Å². The van der Waals surface area contributed by atoms with Crippen LogP contribution in [0.5, 0.6) is 0 Å². The summed E-state index contributed by atoms with van der Waals surface area (Å²) in [5, 5.41) is 11.1. The second kappa shape index (κ2) is 6.85. The third-order valence-corrected chi connectivity index (χ3v) is 4.32. The molecule has 2 aromatic rings. The van der Waals surface area contributed by atoms with E-state index in [1.54, 1.807) is 30.3 Å². The second-order valence-electron chi connectivity index (χ2n) is 7.32. The summed E-state index contributed by atoms with van der Waals surface area (Å²) in [5.41, 5.74) is 8.67. The quantitative estimate of drug-likeness (QED) is 0.745. The van der Waals surface area contributed by atoms with E-state index in [9.17, 15) is 9.90 Å². The topological polar surface area (TPSA) is 63.3 Å². The monoisotopic (exact) mass is 337 g/mol. The van der Waals surface area contributed by atoms with E-state index in [2.05, 4.69) is 27.4 Å². The Bertz CT molecular complexity index is 796. The molecule has 3 rings (SSSR count). The third-order valence-electron chi connectivity index (χ3n) is 4.32. The van der Waals surface area contributed by atoms with Crippen molar-refractivity contribution >= 4 is 17.0 Å². The highest BCUT2D eigenvalue weighted by atomic mass is 16.3. The number of ketones is 1. The van der Waals surface area contributed by atoms with Crippen LogP contribution in [0, 0.1) is 19.8 Å². The van der Waals surface area contributed by atoms with Gasteiger partial charge in [0.15, 0.2) is 5.60 Å². The lowest BCUT2D eigenvalue weighted by atomic mass is 9.84. The second-order valence-corrected chi connectivity index (χ2v) is 7.32. The average Bonchev–Trinajstić information content (AvgIpc) is 2.73. The Hall–Kier alpha value is -2.39. The maximum absolute atomic E-state index is 12.7. The maximum Gasteiger partial charge on any atom is 0.204 e. The number of carbonyl (C=O) groups is 1. The van der Waals surface area contributed by atoms with E-state index >= 15 is 0 Å². The molecule has 3 N–H and O–H groups in total. The fourth-order valence-corrected chi connectivity index (χ4v) is 2.91. The van der Waals surface area contributed by atoms with Gasteiger partial charge in [-0.2, -0.15) is 0 Å². The summed E-state index contributed by atoms with van der Waals surface area (Å²) in [5.74, 6) is 0.470. The lowest BCUT2D eigenvalue weighted by molar-refractivity contribution is 0.0584. The molecule has 0 radical (unpaired) electrons. The molecule has 0 heterocycles. The molecule has 132 valence electrons. The van der Waals surface area contributed by atoms with Crippen LogP contribution in [-0.4, -0.2) is 10.9 Å². The van der Waals surface area contributed by atoms with Crippen LogP contribution in [0.3, 0.4) is 0 Å². The van der Waals surface area contributed by atoms with E-state index in [4.69, 9.17) is 5.73 Å². The molecule has 3 heteroatoms. The fraction of sp³-hybridized carbons (Fsp3) is 0.318. The van der Waals surface area contributed by atoms with Crippen molar-refractivity contribution in [3.8, 4) is 0 Å². The maximum atomic E-state index is 12.7. The van der Waals surface area contributed by atoms with E-state index in [0.717, 1.165) is 17.0 Å². The molecule has 0 bridgehead atoms. The molecule has 0 aliphatic heterocycles. The number of carbonyl (C=O) groups excluding carboxylic acids is 1. The van der Waals surface area contributed by atoms with Gasteiger partial charge in [0, 0.05) is 16.8 Å². The van der Waals surface area contributed by atoms with Crippen LogP contribution >= 0.6 is 0 Å². The van der Waals surface area contributed by atoms with Crippen LogP contribution in [0.1, 0.15) is 53.4 Å². The van der Waals surface area contributed by atoms with Crippen molar-refractivity contribution in [1.29, 1.82) is 0 Å². The first-order valence-corrected chi connectivity index (χ1v) is 8.53. The summed E-state index contributed by atoms with van der Waals surface area (Å²) in [4.78, 5) is 12.7. The number of Topliss-reactive ketones (excluding diaryl/α,β-unsaturated/α-hetero) is 1. The zero-order valence-corrected chi connectivity index (χ0v) is 15.7. The molecule has 2 aromatic carbocycles. The summed E-state index contributed by atoms with van der Waals surface area (Å²) >= 11 is 0. The first-order valence-electron chi connectivity index (χ1n) is 8.53. The molecule has 3 nitrogen and oxygen atoms in total. The number of aryl methyl sites for hydroxylation is 2. The Morgan fingerprint density at radius 1 is 1.04 bits per heavy atom. The third kappa shape index (κ3) is 3.24. The summed E-state index contributed by atoms with van der Waals surface area (Å²) < 4.78 is 0. The first kappa shape index (κ1) is 18.9. The van der Waals surface area contributed by atoms with Gasteiger partial charge >= 0.3 is 0 Å². The Labute approximate surface area is 150 Å². The number of anilines is 1. The molecule has 0 aromatic heterocycles. The van der Waals surface area contributed by atoms with Gasteiger partial charge in [0.1, 0.15) is 0 Å². The number of hydrogen-bond donors (Lipinski definition) is 2. The lowest BCUT2D eigenvalue weighted by Gasteiger charge is -2.25. The van der Waals surface area contributed by atoms with Crippen LogP contribution in [0.4, 0.5) is 5.69 Å². The number of rotatable bonds is 1. The Kier molecular flexibility index (Phi) is 5.19. The highest BCUT2D eigenvalue weighted by Gasteiger charge is 2.49. The summed E-state index contributed by atoms with van der Waals surface area (Å²) in [6, 6.07) is 10.7. The van der Waals surface area contributed by atoms with E-state index in [1.807, 2.05) is 19.9 Å². The molecule has 1 aliphatic carbocycles. The van der Waals surface area contributed by atoms with Gasteiger partial charge in [-0.15, -0.1) is 0 Å². The van der Waals surface area contributed by atoms with Gasteiger partial charge in [-0.3, -0.25) is 4.79 Å². The molecule has 0 amide bonds. The summed E-state index contributed by atoms with van der Waals surface area (Å²) in [6.07, 6.45) is 0. The SMILES string of the molecule is C=C1c2ccccc2C(=O)C1(O)c1cc(C)c(C)cc1N.CC(C)C. The summed E-state index contributed by atoms with van der Waals surface area (Å²) in [7, 11) is 0. The predicted molar refractivity (Wildman–Crippen MR) is 105 cm³/mol. The fourth-order valence-electron chi connectivity index (χ4n) is 2.91. The van der Waals surface area contributed by atoms with Gasteiger partial charge in [-0.1, -0.05) is 57.7 Å². The Morgan fingerprint density at radius 3 is 2.04 bits per heavy atom. The zero-order valence-electron chi connectivity index (χ0n) is 15.7. The van der Waals surface area contributed by atoms with Gasteiger partial charge in [-0.25, -0.2) is 0 Å². The minimum Gasteiger partial charge on any atom is -0.398 e. The van der Waals surface area contributed by atoms with Crippen LogP contribution in [0.25, 0.3) is 5.57 Å². The molecule has 1 atom stereocenters. The largest absolute Gasteiger partial charge is 0.398 e. The normalized spacial score (nSPS) is 18.8. The Balaban J connectivity index is 0.000000511. The number of fused-ring (bicyclic) bond motifs is 1. The minimum atomic E-state index is -1.77. The molecular weight excluding hydrogens is 310 g/mol. The molecule has 0 saturated carbocycles. The number of nitrogens with two attached hydrogens (primary N) is 1. The molecular formula is C22H27NO2. The Morgan fingerprint density at radius 2 is 1.52 bits per heavy atom. The van der Waals surface area contributed by atoms with Gasteiger partial charge in [0.05, 0.1) is 0 Å². The van der Waals surface area contributed by atoms with Crippen molar-refractivity contribution in [3.05, 3.63) is 70.8 Å².